The van der Waals surface area contributed by atoms with Crippen LogP contribution in [-0.2, 0) is 16.1 Å². The number of ketones is 1. The number of hydrogen-bond donors (Lipinski definition) is 2. The van der Waals surface area contributed by atoms with Crippen molar-refractivity contribution in [2.45, 2.75) is 52.6 Å². The van der Waals surface area contributed by atoms with E-state index in [1.807, 2.05) is 35.0 Å². The largest absolute Gasteiger partial charge is 0.507 e. The normalized spacial score (nSPS) is 18.0. The van der Waals surface area contributed by atoms with E-state index in [2.05, 4.69) is 29.0 Å². The van der Waals surface area contributed by atoms with Gasteiger partial charge in [-0.2, -0.15) is 5.10 Å². The predicted molar refractivity (Wildman–Crippen MR) is 124 cm³/mol. The molecular weight excluding hydrogens is 418 g/mol. The van der Waals surface area contributed by atoms with Gasteiger partial charge in [0.05, 0.1) is 29.2 Å². The molecule has 1 amide bonds. The van der Waals surface area contributed by atoms with E-state index in [-0.39, 0.29) is 11.3 Å². The summed E-state index contributed by atoms with van der Waals surface area (Å²) in [6, 6.07) is 7.25. The second-order valence-electron chi connectivity index (χ2n) is 8.78. The van der Waals surface area contributed by atoms with E-state index in [4.69, 9.17) is 0 Å². The fraction of sp³-hybridized carbons (Fsp3) is 0.360. The van der Waals surface area contributed by atoms with Crippen LogP contribution < -0.4 is 0 Å². The highest BCUT2D eigenvalue weighted by Crippen LogP contribution is 2.40. The number of carbonyl (C=O) groups is 2. The van der Waals surface area contributed by atoms with E-state index in [1.165, 1.54) is 0 Å². The van der Waals surface area contributed by atoms with Crippen LogP contribution in [0, 0.1) is 13.8 Å². The number of aromatic nitrogens is 4. The molecule has 2 aromatic heterocycles. The summed E-state index contributed by atoms with van der Waals surface area (Å²) in [5.41, 5.74) is 3.75. The molecule has 1 aromatic carbocycles. The molecule has 0 radical (unpaired) electrons. The zero-order chi connectivity index (χ0) is 23.7. The van der Waals surface area contributed by atoms with Gasteiger partial charge in [0.15, 0.2) is 0 Å². The van der Waals surface area contributed by atoms with Gasteiger partial charge in [-0.3, -0.25) is 14.7 Å². The molecular formula is C25H29N5O3. The van der Waals surface area contributed by atoms with Crippen LogP contribution in [0.1, 0.15) is 60.3 Å². The quantitative estimate of drug-likeness (QED) is 0.325. The summed E-state index contributed by atoms with van der Waals surface area (Å²) >= 11 is 0. The monoisotopic (exact) mass is 447 g/mol. The number of hydrogen-bond acceptors (Lipinski definition) is 5. The summed E-state index contributed by atoms with van der Waals surface area (Å²) in [5.74, 6) is -1.10. The van der Waals surface area contributed by atoms with Crippen LogP contribution in [0.2, 0.25) is 0 Å². The van der Waals surface area contributed by atoms with Crippen molar-refractivity contribution >= 4 is 17.4 Å². The summed E-state index contributed by atoms with van der Waals surface area (Å²) in [6.07, 6.45) is 5.94. The first-order chi connectivity index (χ1) is 15.8. The highest BCUT2D eigenvalue weighted by Gasteiger charge is 2.46. The van der Waals surface area contributed by atoms with Gasteiger partial charge in [-0.1, -0.05) is 38.1 Å². The Kier molecular flexibility index (Phi) is 6.18. The Labute approximate surface area is 193 Å². The minimum absolute atomic E-state index is 0.104. The van der Waals surface area contributed by atoms with Crippen LogP contribution in [0.5, 0.6) is 0 Å². The number of nitrogens with one attached hydrogen (secondary N) is 1. The van der Waals surface area contributed by atoms with E-state index in [0.717, 1.165) is 11.1 Å². The molecule has 1 saturated heterocycles. The van der Waals surface area contributed by atoms with Gasteiger partial charge in [-0.15, -0.1) is 0 Å². The molecule has 8 heteroatoms. The SMILES string of the molecule is Cc1n[nH]c(C)c1C(O)=C1C(=O)C(=O)N(CCCn2ccnc2)C1c1ccc(C(C)C)cc1. The fourth-order valence-corrected chi connectivity index (χ4v) is 4.40. The van der Waals surface area contributed by atoms with Crippen molar-refractivity contribution in [3.8, 4) is 0 Å². The maximum atomic E-state index is 13.2. The van der Waals surface area contributed by atoms with Gasteiger partial charge in [0.25, 0.3) is 11.7 Å². The average Bonchev–Trinajstić information content (AvgIpc) is 3.49. The van der Waals surface area contributed by atoms with Crippen LogP contribution >= 0.6 is 0 Å². The lowest BCUT2D eigenvalue weighted by molar-refractivity contribution is -0.139. The zero-order valence-corrected chi connectivity index (χ0v) is 19.4. The topological polar surface area (TPSA) is 104 Å². The predicted octanol–water partition coefficient (Wildman–Crippen LogP) is 3.86. The van der Waals surface area contributed by atoms with Gasteiger partial charge in [0.1, 0.15) is 5.76 Å². The number of H-pyrrole nitrogens is 1. The van der Waals surface area contributed by atoms with Crippen molar-refractivity contribution in [3.63, 3.8) is 0 Å². The number of rotatable bonds is 7. The lowest BCUT2D eigenvalue weighted by Gasteiger charge is -2.25. The molecule has 0 bridgehead atoms. The first-order valence-corrected chi connectivity index (χ1v) is 11.2. The molecule has 0 spiro atoms. The number of aliphatic hydroxyl groups is 1. The van der Waals surface area contributed by atoms with Crippen molar-refractivity contribution in [2.75, 3.05) is 6.54 Å². The minimum Gasteiger partial charge on any atom is -0.507 e. The number of Topliss-reactive ketones (excluding diaryl/α,β-unsaturated/α-hetero) is 1. The Balaban J connectivity index is 1.76. The Bertz CT molecular complexity index is 1170. The summed E-state index contributed by atoms with van der Waals surface area (Å²) in [4.78, 5) is 31.9. The average molecular weight is 448 g/mol. The number of aryl methyl sites for hydroxylation is 3. The van der Waals surface area contributed by atoms with E-state index in [9.17, 15) is 14.7 Å². The number of carbonyl (C=O) groups excluding carboxylic acids is 2. The number of aromatic amines is 1. The van der Waals surface area contributed by atoms with E-state index >= 15 is 0 Å². The highest BCUT2D eigenvalue weighted by molar-refractivity contribution is 6.46. The van der Waals surface area contributed by atoms with Crippen LogP contribution in [0.4, 0.5) is 0 Å². The second-order valence-corrected chi connectivity index (χ2v) is 8.78. The molecule has 1 atom stereocenters. The summed E-state index contributed by atoms with van der Waals surface area (Å²) in [5, 5.41) is 18.2. The minimum atomic E-state index is -0.673. The molecule has 2 N–H and O–H groups in total. The van der Waals surface area contributed by atoms with Gasteiger partial charge >= 0.3 is 0 Å². The van der Waals surface area contributed by atoms with E-state index < -0.39 is 17.7 Å². The van der Waals surface area contributed by atoms with Crippen molar-refractivity contribution in [1.82, 2.24) is 24.6 Å². The number of benzene rings is 1. The molecule has 8 nitrogen and oxygen atoms in total. The molecule has 3 heterocycles. The molecule has 1 fully saturated rings. The lowest BCUT2D eigenvalue weighted by Crippen LogP contribution is -2.31. The van der Waals surface area contributed by atoms with Crippen LogP contribution in [0.25, 0.3) is 5.76 Å². The van der Waals surface area contributed by atoms with Crippen LogP contribution in [0.3, 0.4) is 0 Å². The van der Waals surface area contributed by atoms with Crippen LogP contribution in [0.15, 0.2) is 48.6 Å². The first kappa shape index (κ1) is 22.5. The van der Waals surface area contributed by atoms with Crippen molar-refractivity contribution in [1.29, 1.82) is 0 Å². The molecule has 0 aliphatic carbocycles. The smallest absolute Gasteiger partial charge is 0.295 e. The van der Waals surface area contributed by atoms with Crippen molar-refractivity contribution in [3.05, 3.63) is 76.6 Å². The summed E-state index contributed by atoms with van der Waals surface area (Å²) in [7, 11) is 0. The molecule has 1 unspecified atom stereocenters. The number of likely N-dealkylation sites (tertiary alicyclic amines) is 1. The summed E-state index contributed by atoms with van der Waals surface area (Å²) in [6.45, 7) is 8.81. The molecule has 172 valence electrons. The number of nitrogens with zero attached hydrogens (tertiary/aromatic N) is 4. The standard InChI is InChI=1S/C25H29N5O3/c1-15(2)18-6-8-19(9-7-18)22-21(23(31)20-16(3)27-28-17(20)4)24(32)25(33)30(22)12-5-11-29-13-10-26-14-29/h6-10,13-15,22,31H,5,11-12H2,1-4H3,(H,27,28). The van der Waals surface area contributed by atoms with Crippen molar-refractivity contribution in [2.24, 2.45) is 0 Å². The van der Waals surface area contributed by atoms with Gasteiger partial charge in [-0.25, -0.2) is 4.98 Å². The third-order valence-electron chi connectivity index (χ3n) is 6.20. The highest BCUT2D eigenvalue weighted by atomic mass is 16.3. The Hall–Kier alpha value is -3.68. The van der Waals surface area contributed by atoms with E-state index in [1.54, 1.807) is 31.3 Å². The second kappa shape index (κ2) is 9.05. The lowest BCUT2D eigenvalue weighted by atomic mass is 9.93. The Morgan fingerprint density at radius 3 is 2.45 bits per heavy atom. The Morgan fingerprint density at radius 2 is 1.88 bits per heavy atom. The number of aliphatic hydroxyl groups excluding tert-OH is 1. The molecule has 3 aromatic rings. The maximum absolute atomic E-state index is 13.2. The maximum Gasteiger partial charge on any atom is 0.295 e. The fourth-order valence-electron chi connectivity index (χ4n) is 4.40. The van der Waals surface area contributed by atoms with Gasteiger partial charge < -0.3 is 14.6 Å². The van der Waals surface area contributed by atoms with Crippen LogP contribution in [-0.4, -0.2) is 48.0 Å². The molecule has 1 aliphatic rings. The molecule has 1 aliphatic heterocycles. The van der Waals surface area contributed by atoms with Crippen molar-refractivity contribution < 1.29 is 14.7 Å². The molecule has 0 saturated carbocycles. The first-order valence-electron chi connectivity index (χ1n) is 11.2. The number of imidazole rings is 1. The van der Waals surface area contributed by atoms with Gasteiger partial charge in [-0.05, 0) is 37.3 Å². The Morgan fingerprint density at radius 1 is 1.15 bits per heavy atom. The number of amides is 1. The summed E-state index contributed by atoms with van der Waals surface area (Å²) < 4.78 is 1.93. The van der Waals surface area contributed by atoms with Gasteiger partial charge in [0.2, 0.25) is 0 Å². The zero-order valence-electron chi connectivity index (χ0n) is 19.4. The molecule has 33 heavy (non-hydrogen) atoms. The van der Waals surface area contributed by atoms with E-state index in [0.29, 0.717) is 42.4 Å². The van der Waals surface area contributed by atoms with Gasteiger partial charge in [0, 0.05) is 31.2 Å². The third kappa shape index (κ3) is 4.20. The third-order valence-corrected chi connectivity index (χ3v) is 6.20. The molecule has 4 rings (SSSR count).